The van der Waals surface area contributed by atoms with Crippen LogP contribution in [-0.2, 0) is 28.6 Å². The van der Waals surface area contributed by atoms with E-state index in [0.717, 1.165) is 13.4 Å². The quantitative estimate of drug-likeness (QED) is 0.0952. The predicted octanol–water partition coefficient (Wildman–Crippen LogP) is 6.58. The molecule has 0 amide bonds. The van der Waals surface area contributed by atoms with Crippen LogP contribution in [0.4, 0.5) is 0 Å². The molecule has 12 heteroatoms. The fourth-order valence-corrected chi connectivity index (χ4v) is 4.69. The minimum Gasteiger partial charge on any atom is -0.457 e. The molecule has 9 nitrogen and oxygen atoms in total. The predicted molar refractivity (Wildman–Crippen MR) is 170 cm³/mol. The molecule has 0 aliphatic heterocycles. The van der Waals surface area contributed by atoms with Crippen molar-refractivity contribution in [2.75, 3.05) is 19.8 Å². The lowest BCUT2D eigenvalue weighted by Crippen LogP contribution is -2.33. The summed E-state index contributed by atoms with van der Waals surface area (Å²) in [5.41, 5.74) is 0.999. The molecule has 0 N–H and O–H groups in total. The van der Waals surface area contributed by atoms with Crippen molar-refractivity contribution in [1.82, 2.24) is 0 Å². The molecule has 0 radical (unpaired) electrons. The topological polar surface area (TPSA) is 130 Å². The van der Waals surface area contributed by atoms with Gasteiger partial charge in [-0.05, 0) is 42.8 Å². The Morgan fingerprint density at radius 2 is 0.886 bits per heavy atom. The Bertz CT molecular complexity index is 1500. The van der Waals surface area contributed by atoms with E-state index in [1.807, 2.05) is 0 Å². The van der Waals surface area contributed by atoms with Crippen LogP contribution in [0.15, 0.2) is 86.2 Å². The molecular formula is C32H27Br3O9. The number of ketones is 3. The molecule has 0 saturated carbocycles. The molecule has 0 saturated heterocycles. The standard InChI is InChI=1S/C32H27Br3O9/c1-19(31(40)43-17-28(37)21-4-10-24(34)11-5-21)26(32(41)44-18-29(38)22-6-12-25(35)13-7-22)14-15-30(39)42-16-27(36)20-2-8-23(33)9-3-20/h2-13,19,26H,14-18H2,1H3. The van der Waals surface area contributed by atoms with Gasteiger partial charge in [0.2, 0.25) is 0 Å². The van der Waals surface area contributed by atoms with Crippen LogP contribution in [0.3, 0.4) is 0 Å². The summed E-state index contributed by atoms with van der Waals surface area (Å²) in [6.45, 7) is -0.258. The van der Waals surface area contributed by atoms with Gasteiger partial charge in [-0.15, -0.1) is 0 Å². The van der Waals surface area contributed by atoms with Crippen molar-refractivity contribution >= 4 is 83.0 Å². The van der Waals surface area contributed by atoms with Gasteiger partial charge in [0.1, 0.15) is 0 Å². The minimum atomic E-state index is -1.21. The number of carbonyl (C=O) groups excluding carboxylic acids is 6. The first-order valence-electron chi connectivity index (χ1n) is 13.3. The second-order valence-electron chi connectivity index (χ2n) is 9.60. The average molecular weight is 795 g/mol. The summed E-state index contributed by atoms with van der Waals surface area (Å²) in [5.74, 6) is -6.22. The van der Waals surface area contributed by atoms with Gasteiger partial charge in [-0.1, -0.05) is 91.1 Å². The van der Waals surface area contributed by atoms with Gasteiger partial charge in [-0.2, -0.15) is 0 Å². The van der Waals surface area contributed by atoms with Crippen LogP contribution in [0.2, 0.25) is 0 Å². The zero-order valence-corrected chi connectivity index (χ0v) is 28.2. The molecule has 3 rings (SSSR count). The monoisotopic (exact) mass is 792 g/mol. The highest BCUT2D eigenvalue weighted by Gasteiger charge is 2.34. The first-order chi connectivity index (χ1) is 20.9. The lowest BCUT2D eigenvalue weighted by Gasteiger charge is -2.21. The molecule has 0 heterocycles. The Balaban J connectivity index is 1.62. The summed E-state index contributed by atoms with van der Waals surface area (Å²) < 4.78 is 17.8. The zero-order chi connectivity index (χ0) is 32.2. The molecule has 2 unspecified atom stereocenters. The molecule has 0 fully saturated rings. The van der Waals surface area contributed by atoms with E-state index < -0.39 is 66.9 Å². The SMILES string of the molecule is CC(C(=O)OCC(=O)c1ccc(Br)cc1)C(CCC(=O)OCC(=O)c1ccc(Br)cc1)C(=O)OCC(=O)c1ccc(Br)cc1. The summed E-state index contributed by atoms with van der Waals surface area (Å²) in [6, 6.07) is 19.5. The maximum atomic E-state index is 13.1. The number of hydrogen-bond acceptors (Lipinski definition) is 9. The van der Waals surface area contributed by atoms with E-state index in [4.69, 9.17) is 14.2 Å². The molecule has 0 aliphatic rings. The first kappa shape index (κ1) is 35.0. The van der Waals surface area contributed by atoms with Gasteiger partial charge in [0, 0.05) is 36.5 Å². The third-order valence-electron chi connectivity index (χ3n) is 6.49. The van der Waals surface area contributed by atoms with E-state index in [9.17, 15) is 28.8 Å². The second kappa shape index (κ2) is 17.1. The maximum Gasteiger partial charge on any atom is 0.310 e. The van der Waals surface area contributed by atoms with E-state index in [1.165, 1.54) is 6.92 Å². The molecular weight excluding hydrogens is 768 g/mol. The highest BCUT2D eigenvalue weighted by Crippen LogP contribution is 2.23. The highest BCUT2D eigenvalue weighted by atomic mass is 79.9. The fraction of sp³-hybridized carbons (Fsp3) is 0.250. The molecule has 3 aromatic carbocycles. The van der Waals surface area contributed by atoms with Crippen molar-refractivity contribution in [2.24, 2.45) is 11.8 Å². The Morgan fingerprint density at radius 3 is 1.27 bits per heavy atom. The number of Topliss-reactive ketones (excluding diaryl/α,β-unsaturated/α-hetero) is 3. The molecule has 0 spiro atoms. The number of benzene rings is 3. The van der Waals surface area contributed by atoms with E-state index in [-0.39, 0.29) is 12.8 Å². The smallest absolute Gasteiger partial charge is 0.310 e. The fourth-order valence-electron chi connectivity index (χ4n) is 3.90. The Kier molecular flexibility index (Phi) is 13.6. The van der Waals surface area contributed by atoms with Gasteiger partial charge in [-0.25, -0.2) is 0 Å². The van der Waals surface area contributed by atoms with Gasteiger partial charge < -0.3 is 14.2 Å². The lowest BCUT2D eigenvalue weighted by molar-refractivity contribution is -0.159. The van der Waals surface area contributed by atoms with Crippen molar-refractivity contribution in [3.8, 4) is 0 Å². The van der Waals surface area contributed by atoms with Gasteiger partial charge in [-0.3, -0.25) is 28.8 Å². The van der Waals surface area contributed by atoms with Crippen LogP contribution in [0.25, 0.3) is 0 Å². The summed E-state index contributed by atoms with van der Waals surface area (Å²) in [7, 11) is 0. The van der Waals surface area contributed by atoms with Gasteiger partial charge in [0.25, 0.3) is 0 Å². The summed E-state index contributed by atoms with van der Waals surface area (Å²) in [4.78, 5) is 75.8. The summed E-state index contributed by atoms with van der Waals surface area (Å²) in [5, 5.41) is 0. The largest absolute Gasteiger partial charge is 0.457 e. The Morgan fingerprint density at radius 1 is 0.545 bits per heavy atom. The normalized spacial score (nSPS) is 12.0. The first-order valence-corrected chi connectivity index (χ1v) is 15.7. The van der Waals surface area contributed by atoms with Crippen LogP contribution in [0, 0.1) is 11.8 Å². The van der Waals surface area contributed by atoms with E-state index in [2.05, 4.69) is 47.8 Å². The van der Waals surface area contributed by atoms with Crippen molar-refractivity contribution in [3.05, 3.63) is 103 Å². The van der Waals surface area contributed by atoms with Gasteiger partial charge in [0.15, 0.2) is 37.2 Å². The second-order valence-corrected chi connectivity index (χ2v) is 12.3. The summed E-state index contributed by atoms with van der Waals surface area (Å²) >= 11 is 9.85. The van der Waals surface area contributed by atoms with Crippen molar-refractivity contribution in [1.29, 1.82) is 0 Å². The lowest BCUT2D eigenvalue weighted by atomic mass is 9.89. The van der Waals surface area contributed by atoms with Crippen LogP contribution >= 0.6 is 47.8 Å². The molecule has 2 atom stereocenters. The van der Waals surface area contributed by atoms with Crippen LogP contribution in [0.1, 0.15) is 50.8 Å². The van der Waals surface area contributed by atoms with Crippen molar-refractivity contribution in [3.63, 3.8) is 0 Å². The van der Waals surface area contributed by atoms with Crippen LogP contribution in [-0.4, -0.2) is 55.1 Å². The molecule has 0 aliphatic carbocycles. The molecule has 230 valence electrons. The highest BCUT2D eigenvalue weighted by molar-refractivity contribution is 9.11. The molecule has 0 bridgehead atoms. The van der Waals surface area contributed by atoms with Crippen LogP contribution < -0.4 is 0 Å². The number of esters is 3. The van der Waals surface area contributed by atoms with E-state index in [1.54, 1.807) is 72.8 Å². The van der Waals surface area contributed by atoms with Crippen molar-refractivity contribution < 1.29 is 43.0 Å². The Labute approximate surface area is 279 Å². The number of ether oxygens (including phenoxy) is 3. The number of hydrogen-bond donors (Lipinski definition) is 0. The van der Waals surface area contributed by atoms with Gasteiger partial charge >= 0.3 is 17.9 Å². The molecule has 44 heavy (non-hydrogen) atoms. The maximum absolute atomic E-state index is 13.1. The van der Waals surface area contributed by atoms with Gasteiger partial charge in [0.05, 0.1) is 11.8 Å². The third-order valence-corrected chi connectivity index (χ3v) is 8.08. The number of halogens is 3. The zero-order valence-electron chi connectivity index (χ0n) is 23.4. The minimum absolute atomic E-state index is 0.201. The third kappa shape index (κ3) is 10.9. The van der Waals surface area contributed by atoms with Crippen molar-refractivity contribution in [2.45, 2.75) is 19.8 Å². The summed E-state index contributed by atoms with van der Waals surface area (Å²) in [6.07, 6.45) is -0.531. The number of rotatable bonds is 15. The van der Waals surface area contributed by atoms with E-state index in [0.29, 0.717) is 16.7 Å². The van der Waals surface area contributed by atoms with E-state index >= 15 is 0 Å². The molecule has 3 aromatic rings. The molecule has 0 aromatic heterocycles. The Hall–Kier alpha value is -3.48. The van der Waals surface area contributed by atoms with Crippen LogP contribution in [0.5, 0.6) is 0 Å². The average Bonchev–Trinajstić information content (AvgIpc) is 3.02. The number of carbonyl (C=O) groups is 6.